The highest BCUT2D eigenvalue weighted by Gasteiger charge is 2.47. The van der Waals surface area contributed by atoms with E-state index in [1.54, 1.807) is 0 Å². The normalized spacial score (nSPS) is 35.3. The lowest BCUT2D eigenvalue weighted by atomic mass is 9.56. The lowest BCUT2D eigenvalue weighted by Gasteiger charge is -2.51. The Morgan fingerprint density at radius 2 is 0.898 bits per heavy atom. The van der Waals surface area contributed by atoms with E-state index in [2.05, 4.69) is 113 Å². The molecular weight excluding hydrogens is 625 g/mol. The molecule has 1 heterocycles. The number of aromatic nitrogens is 3. The van der Waals surface area contributed by atoms with Gasteiger partial charge in [-0.05, 0) is 125 Å². The van der Waals surface area contributed by atoms with E-state index < -0.39 is 17.1 Å². The van der Waals surface area contributed by atoms with Crippen LogP contribution in [0.5, 0.6) is 0 Å². The molecule has 49 heavy (non-hydrogen) atoms. The minimum atomic E-state index is -0.405. The molecule has 1 aromatic heterocycles. The molecule has 0 spiro atoms. The van der Waals surface area contributed by atoms with Crippen molar-refractivity contribution in [2.75, 3.05) is 0 Å². The van der Waals surface area contributed by atoms with Crippen molar-refractivity contribution in [1.29, 1.82) is 0 Å². The van der Waals surface area contributed by atoms with Crippen LogP contribution in [0.4, 0.5) is 0 Å². The topological polar surface area (TPSA) is 66.0 Å². The van der Waals surface area contributed by atoms with Gasteiger partial charge in [0.15, 0.2) is 0 Å². The van der Waals surface area contributed by atoms with Crippen molar-refractivity contribution in [3.8, 4) is 0 Å². The molecule has 3 saturated carbocycles. The third-order valence-electron chi connectivity index (χ3n) is 13.3. The first-order chi connectivity index (χ1) is 22.0. The van der Waals surface area contributed by atoms with Crippen molar-refractivity contribution in [3.63, 3.8) is 0 Å². The maximum Gasteiger partial charge on any atom is 0.336 e. The van der Waals surface area contributed by atoms with E-state index in [4.69, 9.17) is 0 Å². The van der Waals surface area contributed by atoms with Crippen LogP contribution in [0, 0.1) is 61.6 Å². The quantitative estimate of drug-likeness (QED) is 0.254. The summed E-state index contributed by atoms with van der Waals surface area (Å²) in [4.78, 5) is 44.2. The van der Waals surface area contributed by atoms with Gasteiger partial charge >= 0.3 is 17.1 Å². The Morgan fingerprint density at radius 1 is 0.571 bits per heavy atom. The maximum atomic E-state index is 14.7. The lowest BCUT2D eigenvalue weighted by Crippen LogP contribution is -2.59. The average Bonchev–Trinajstić information content (AvgIpc) is 2.88. The summed E-state index contributed by atoms with van der Waals surface area (Å²) in [5, 5.41) is 0. The third-order valence-corrected chi connectivity index (χ3v) is 13.9. The molecule has 7 heteroatoms. The Bertz CT molecular complexity index is 1450. The first kappa shape index (κ1) is 40.6. The van der Waals surface area contributed by atoms with Gasteiger partial charge in [-0.1, -0.05) is 104 Å². The minimum Gasteiger partial charge on any atom is -0.247 e. The van der Waals surface area contributed by atoms with Crippen LogP contribution in [-0.2, 0) is 19.6 Å². The van der Waals surface area contributed by atoms with Gasteiger partial charge in [0.25, 0.3) is 0 Å². The van der Waals surface area contributed by atoms with Gasteiger partial charge in [0.2, 0.25) is 0 Å². The van der Waals surface area contributed by atoms with Gasteiger partial charge in [0, 0.05) is 19.6 Å². The SMILES string of the molecule is CC(C)C1CC(C)(C)CC(C)(Cn2c(=O)n(CC3(C)CC(C(C)P)CC(C)(C)C3)c(=O)n(CC3(C)CC(C(C)(C)C)CC(C)(C)C3)c2=O)C1. The molecule has 0 saturated heterocycles. The smallest absolute Gasteiger partial charge is 0.247 e. The molecule has 3 aliphatic carbocycles. The maximum absolute atomic E-state index is 14.7. The van der Waals surface area contributed by atoms with Crippen LogP contribution in [-0.4, -0.2) is 19.4 Å². The van der Waals surface area contributed by atoms with Crippen molar-refractivity contribution in [1.82, 2.24) is 13.7 Å². The largest absolute Gasteiger partial charge is 0.336 e. The highest BCUT2D eigenvalue weighted by atomic mass is 31.0. The molecule has 282 valence electrons. The van der Waals surface area contributed by atoms with E-state index in [0.717, 1.165) is 57.8 Å². The number of hydrogen-bond donors (Lipinski definition) is 0. The molecule has 6 nitrogen and oxygen atoms in total. The second kappa shape index (κ2) is 13.4. The van der Waals surface area contributed by atoms with Crippen molar-refractivity contribution >= 4 is 9.24 Å². The fourth-order valence-corrected chi connectivity index (χ4v) is 12.4. The van der Waals surface area contributed by atoms with Crippen LogP contribution in [0.15, 0.2) is 14.4 Å². The van der Waals surface area contributed by atoms with Gasteiger partial charge in [0.05, 0.1) is 0 Å². The molecule has 0 radical (unpaired) electrons. The summed E-state index contributed by atoms with van der Waals surface area (Å²) in [6.45, 7) is 35.8. The molecule has 3 aliphatic rings. The molecule has 0 aromatic carbocycles. The van der Waals surface area contributed by atoms with Gasteiger partial charge in [-0.3, -0.25) is 0 Å². The first-order valence-corrected chi connectivity index (χ1v) is 20.3. The number of hydrogen-bond acceptors (Lipinski definition) is 3. The second-order valence-corrected chi connectivity index (χ2v) is 24.0. The zero-order valence-electron chi connectivity index (χ0n) is 34.5. The summed E-state index contributed by atoms with van der Waals surface area (Å²) >= 11 is 0. The predicted octanol–water partition coefficient (Wildman–Crippen LogP) is 9.64. The van der Waals surface area contributed by atoms with E-state index in [9.17, 15) is 14.4 Å². The van der Waals surface area contributed by atoms with E-state index in [0.29, 0.717) is 49.0 Å². The van der Waals surface area contributed by atoms with Crippen LogP contribution in [0.25, 0.3) is 0 Å². The van der Waals surface area contributed by atoms with E-state index in [-0.39, 0.29) is 37.9 Å². The summed E-state index contributed by atoms with van der Waals surface area (Å²) in [5.41, 5.74) is -0.989. The van der Waals surface area contributed by atoms with Gasteiger partial charge in [-0.2, -0.15) is 0 Å². The summed E-state index contributed by atoms with van der Waals surface area (Å²) in [6, 6.07) is 0. The molecule has 0 aliphatic heterocycles. The molecule has 1 aromatic rings. The van der Waals surface area contributed by atoms with E-state index >= 15 is 0 Å². The van der Waals surface area contributed by atoms with Crippen molar-refractivity contribution in [2.45, 2.75) is 187 Å². The monoisotopic (exact) mass is 702 g/mol. The Morgan fingerprint density at radius 3 is 1.24 bits per heavy atom. The Labute approximate surface area is 302 Å². The Kier molecular flexibility index (Phi) is 11.1. The van der Waals surface area contributed by atoms with Gasteiger partial charge in [-0.15, -0.1) is 9.24 Å². The molecular formula is C42H76N3O3P. The van der Waals surface area contributed by atoms with Crippen LogP contribution in [0.2, 0.25) is 0 Å². The van der Waals surface area contributed by atoms with E-state index in [1.165, 1.54) is 13.7 Å². The van der Waals surface area contributed by atoms with Gasteiger partial charge < -0.3 is 0 Å². The zero-order valence-corrected chi connectivity index (χ0v) is 35.7. The van der Waals surface area contributed by atoms with E-state index in [1.807, 2.05) is 0 Å². The summed E-state index contributed by atoms with van der Waals surface area (Å²) < 4.78 is 4.52. The molecule has 0 amide bonds. The number of rotatable bonds is 8. The lowest BCUT2D eigenvalue weighted by molar-refractivity contribution is -0.00627. The minimum absolute atomic E-state index is 0.0973. The summed E-state index contributed by atoms with van der Waals surface area (Å²) in [5.74, 6) is 2.05. The third kappa shape index (κ3) is 9.45. The highest BCUT2D eigenvalue weighted by molar-refractivity contribution is 7.17. The molecule has 0 N–H and O–H groups in total. The van der Waals surface area contributed by atoms with Gasteiger partial charge in [-0.25, -0.2) is 28.1 Å². The van der Waals surface area contributed by atoms with Crippen LogP contribution < -0.4 is 17.1 Å². The van der Waals surface area contributed by atoms with Crippen LogP contribution in [0.1, 0.15) is 162 Å². The predicted molar refractivity (Wildman–Crippen MR) is 210 cm³/mol. The highest BCUT2D eigenvalue weighted by Crippen LogP contribution is 2.55. The molecule has 8 unspecified atom stereocenters. The zero-order chi connectivity index (χ0) is 37.3. The summed E-state index contributed by atoms with van der Waals surface area (Å²) in [7, 11) is 3.01. The Hall–Kier alpha value is -1.16. The van der Waals surface area contributed by atoms with Crippen LogP contribution >= 0.6 is 9.24 Å². The summed E-state index contributed by atoms with van der Waals surface area (Å²) in [6.07, 6.45) is 9.19. The molecule has 4 rings (SSSR count). The fourth-order valence-electron chi connectivity index (χ4n) is 12.1. The number of nitrogens with zero attached hydrogens (tertiary/aromatic N) is 3. The van der Waals surface area contributed by atoms with Gasteiger partial charge in [0.1, 0.15) is 0 Å². The van der Waals surface area contributed by atoms with Crippen LogP contribution in [0.3, 0.4) is 0 Å². The fraction of sp³-hybridized carbons (Fsp3) is 0.929. The first-order valence-electron chi connectivity index (χ1n) is 19.7. The average molecular weight is 702 g/mol. The molecule has 8 atom stereocenters. The molecule has 3 fully saturated rings. The van der Waals surface area contributed by atoms with Crippen molar-refractivity contribution in [2.24, 2.45) is 61.6 Å². The standard InChI is InChI=1S/C42H76N3O3P/c1-28(2)30-16-37(7,8)22-40(13,18-30)25-43-33(46)44(26-41(14)19-31(29(3)49)17-38(9,10)23-41)35(48)45(34(43)47)27-42(15)21-32(36(4,5)6)20-39(11,12)24-42/h28-32H,16-27,49H2,1-15H3. The van der Waals surface area contributed by atoms with Crippen molar-refractivity contribution < 1.29 is 0 Å². The van der Waals surface area contributed by atoms with Crippen molar-refractivity contribution in [3.05, 3.63) is 31.5 Å². The Balaban J connectivity index is 1.88. The second-order valence-electron chi connectivity index (χ2n) is 23.0. The molecule has 0 bridgehead atoms.